The lowest BCUT2D eigenvalue weighted by Gasteiger charge is -2.19. The minimum absolute atomic E-state index is 0.0924. The Morgan fingerprint density at radius 1 is 1.29 bits per heavy atom. The Hall–Kier alpha value is -1.60. The number of ether oxygens (including phenoxy) is 1. The maximum atomic E-state index is 12.5. The molecule has 0 aliphatic heterocycles. The average Bonchev–Trinajstić information content (AvgIpc) is 3.15. The standard InChI is InChI=1S/C17H24N2O4S/c1-23-16-8-7-13(24(18,21)22)9-15(16)17(20)19-10-12-6-5-11-3-2-4-14(11)12/h7-9,11-12,14H,2-6,10H2,1H3,(H,19,20)(H2,18,21,22)/t11-,12+,14-/m0/s1. The van der Waals surface area contributed by atoms with Gasteiger partial charge in [-0.2, -0.15) is 0 Å². The Kier molecular flexibility index (Phi) is 4.83. The van der Waals surface area contributed by atoms with Crippen molar-refractivity contribution in [1.29, 1.82) is 0 Å². The Labute approximate surface area is 142 Å². The SMILES string of the molecule is COc1ccc(S(N)(=O)=O)cc1C(=O)NC[C@H]1CC[C@@H]2CCC[C@@H]21. The summed E-state index contributed by atoms with van der Waals surface area (Å²) < 4.78 is 28.2. The number of fused-ring (bicyclic) bond motifs is 1. The van der Waals surface area contributed by atoms with Gasteiger partial charge in [0.25, 0.3) is 5.91 Å². The summed E-state index contributed by atoms with van der Waals surface area (Å²) in [6, 6.07) is 4.07. The second-order valence-electron chi connectivity index (χ2n) is 6.81. The molecule has 2 aliphatic rings. The summed E-state index contributed by atoms with van der Waals surface area (Å²) in [7, 11) is -2.41. The fourth-order valence-corrected chi connectivity index (χ4v) is 4.84. The van der Waals surface area contributed by atoms with Crippen molar-refractivity contribution in [2.24, 2.45) is 22.9 Å². The molecule has 0 radical (unpaired) electrons. The number of amides is 1. The number of hydrogen-bond acceptors (Lipinski definition) is 4. The van der Waals surface area contributed by atoms with Gasteiger partial charge in [-0.15, -0.1) is 0 Å². The van der Waals surface area contributed by atoms with Crippen molar-refractivity contribution in [1.82, 2.24) is 5.32 Å². The Bertz CT molecular complexity index is 732. The predicted molar refractivity (Wildman–Crippen MR) is 90.3 cm³/mol. The van der Waals surface area contributed by atoms with Crippen molar-refractivity contribution in [3.05, 3.63) is 23.8 Å². The molecule has 2 aliphatic carbocycles. The fourth-order valence-electron chi connectivity index (χ4n) is 4.30. The van der Waals surface area contributed by atoms with Gasteiger partial charge in [0.1, 0.15) is 5.75 Å². The zero-order valence-corrected chi connectivity index (χ0v) is 14.6. The van der Waals surface area contributed by atoms with Crippen molar-refractivity contribution in [2.45, 2.75) is 37.0 Å². The molecule has 1 aromatic carbocycles. The molecule has 3 atom stereocenters. The molecule has 2 saturated carbocycles. The van der Waals surface area contributed by atoms with E-state index in [1.807, 2.05) is 0 Å². The molecule has 3 N–H and O–H groups in total. The number of hydrogen-bond donors (Lipinski definition) is 2. The van der Waals surface area contributed by atoms with Gasteiger partial charge in [-0.25, -0.2) is 13.6 Å². The molecule has 0 saturated heterocycles. The summed E-state index contributed by atoms with van der Waals surface area (Å²) >= 11 is 0. The van der Waals surface area contributed by atoms with E-state index in [9.17, 15) is 13.2 Å². The van der Waals surface area contributed by atoms with Crippen molar-refractivity contribution in [2.75, 3.05) is 13.7 Å². The van der Waals surface area contributed by atoms with Crippen LogP contribution in [0.25, 0.3) is 0 Å². The number of nitrogens with one attached hydrogen (secondary N) is 1. The van der Waals surface area contributed by atoms with E-state index >= 15 is 0 Å². The lowest BCUT2D eigenvalue weighted by Crippen LogP contribution is -2.31. The second kappa shape index (κ2) is 6.72. The lowest BCUT2D eigenvalue weighted by molar-refractivity contribution is 0.0940. The number of carbonyl (C=O) groups excluding carboxylic acids is 1. The Morgan fingerprint density at radius 2 is 2.08 bits per heavy atom. The molecule has 0 heterocycles. The van der Waals surface area contributed by atoms with Gasteiger partial charge in [-0.3, -0.25) is 4.79 Å². The summed E-state index contributed by atoms with van der Waals surface area (Å²) in [5, 5.41) is 8.10. The summed E-state index contributed by atoms with van der Waals surface area (Å²) in [4.78, 5) is 12.4. The van der Waals surface area contributed by atoms with Crippen LogP contribution in [0.1, 0.15) is 42.5 Å². The Morgan fingerprint density at radius 3 is 2.79 bits per heavy atom. The molecule has 3 rings (SSSR count). The van der Waals surface area contributed by atoms with Gasteiger partial charge < -0.3 is 10.1 Å². The zero-order chi connectivity index (χ0) is 17.3. The normalized spacial score (nSPS) is 26.2. The lowest BCUT2D eigenvalue weighted by atomic mass is 9.92. The summed E-state index contributed by atoms with van der Waals surface area (Å²) in [5.74, 6) is 2.09. The van der Waals surface area contributed by atoms with Gasteiger partial charge in [0, 0.05) is 6.54 Å². The quantitative estimate of drug-likeness (QED) is 0.845. The number of sulfonamides is 1. The monoisotopic (exact) mass is 352 g/mol. The first-order valence-corrected chi connectivity index (χ1v) is 9.94. The highest BCUT2D eigenvalue weighted by atomic mass is 32.2. The fraction of sp³-hybridized carbons (Fsp3) is 0.588. The summed E-state index contributed by atoms with van der Waals surface area (Å²) in [5.41, 5.74) is 0.199. The molecule has 0 spiro atoms. The first-order valence-electron chi connectivity index (χ1n) is 8.39. The van der Waals surface area contributed by atoms with Crippen molar-refractivity contribution < 1.29 is 17.9 Å². The highest BCUT2D eigenvalue weighted by Crippen LogP contribution is 2.47. The third kappa shape index (κ3) is 3.42. The number of benzene rings is 1. The topological polar surface area (TPSA) is 98.5 Å². The number of primary sulfonamides is 1. The van der Waals surface area contributed by atoms with Gasteiger partial charge in [0.15, 0.2) is 0 Å². The van der Waals surface area contributed by atoms with Gasteiger partial charge >= 0.3 is 0 Å². The van der Waals surface area contributed by atoms with Crippen LogP contribution < -0.4 is 15.2 Å². The number of methoxy groups -OCH3 is 1. The first kappa shape index (κ1) is 17.2. The maximum Gasteiger partial charge on any atom is 0.255 e. The van der Waals surface area contributed by atoms with Crippen LogP contribution in [0.3, 0.4) is 0 Å². The van der Waals surface area contributed by atoms with E-state index in [4.69, 9.17) is 9.88 Å². The molecule has 6 nitrogen and oxygen atoms in total. The molecular formula is C17H24N2O4S. The average molecular weight is 352 g/mol. The highest BCUT2D eigenvalue weighted by molar-refractivity contribution is 7.89. The largest absolute Gasteiger partial charge is 0.496 e. The highest BCUT2D eigenvalue weighted by Gasteiger charge is 2.38. The van der Waals surface area contributed by atoms with E-state index < -0.39 is 10.0 Å². The molecule has 0 bridgehead atoms. The van der Waals surface area contributed by atoms with Crippen LogP contribution in [0.15, 0.2) is 23.1 Å². The third-order valence-corrected chi connectivity index (χ3v) is 6.41. The van der Waals surface area contributed by atoms with E-state index in [1.54, 1.807) is 0 Å². The van der Waals surface area contributed by atoms with E-state index in [2.05, 4.69) is 5.32 Å². The molecule has 0 aromatic heterocycles. The van der Waals surface area contributed by atoms with Crippen LogP contribution in [-0.4, -0.2) is 28.0 Å². The van der Waals surface area contributed by atoms with E-state index in [0.29, 0.717) is 18.2 Å². The molecule has 1 amide bonds. The van der Waals surface area contributed by atoms with Crippen LogP contribution >= 0.6 is 0 Å². The van der Waals surface area contributed by atoms with Gasteiger partial charge in [0.05, 0.1) is 17.6 Å². The van der Waals surface area contributed by atoms with Crippen molar-refractivity contribution in [3.8, 4) is 5.75 Å². The van der Waals surface area contributed by atoms with Crippen molar-refractivity contribution in [3.63, 3.8) is 0 Å². The maximum absolute atomic E-state index is 12.5. The predicted octanol–water partition coefficient (Wildman–Crippen LogP) is 1.90. The molecule has 7 heteroatoms. The van der Waals surface area contributed by atoms with Crippen molar-refractivity contribution >= 4 is 15.9 Å². The number of nitrogens with two attached hydrogens (primary N) is 1. The molecule has 0 unspecified atom stereocenters. The van der Waals surface area contributed by atoms with Crippen LogP contribution in [0.2, 0.25) is 0 Å². The van der Waals surface area contributed by atoms with E-state index in [1.165, 1.54) is 51.0 Å². The summed E-state index contributed by atoms with van der Waals surface area (Å²) in [6.07, 6.45) is 6.29. The van der Waals surface area contributed by atoms with E-state index in [0.717, 1.165) is 18.3 Å². The zero-order valence-electron chi connectivity index (χ0n) is 13.8. The van der Waals surface area contributed by atoms with Crippen LogP contribution in [0, 0.1) is 17.8 Å². The summed E-state index contributed by atoms with van der Waals surface area (Å²) in [6.45, 7) is 0.628. The molecular weight excluding hydrogens is 328 g/mol. The molecule has 2 fully saturated rings. The second-order valence-corrected chi connectivity index (χ2v) is 8.37. The molecule has 132 valence electrons. The van der Waals surface area contributed by atoms with Crippen LogP contribution in [0.5, 0.6) is 5.75 Å². The minimum atomic E-state index is -3.86. The Balaban J connectivity index is 1.72. The van der Waals surface area contributed by atoms with Crippen LogP contribution in [-0.2, 0) is 10.0 Å². The smallest absolute Gasteiger partial charge is 0.255 e. The van der Waals surface area contributed by atoms with Gasteiger partial charge in [-0.1, -0.05) is 12.8 Å². The number of rotatable bonds is 5. The van der Waals surface area contributed by atoms with Crippen LogP contribution in [0.4, 0.5) is 0 Å². The molecule has 24 heavy (non-hydrogen) atoms. The minimum Gasteiger partial charge on any atom is -0.496 e. The molecule has 1 aromatic rings. The first-order chi connectivity index (χ1) is 11.4. The van der Waals surface area contributed by atoms with E-state index in [-0.39, 0.29) is 16.4 Å². The van der Waals surface area contributed by atoms with Gasteiger partial charge in [0.2, 0.25) is 10.0 Å². The third-order valence-electron chi connectivity index (χ3n) is 5.50. The number of carbonyl (C=O) groups is 1. The van der Waals surface area contributed by atoms with Gasteiger partial charge in [-0.05, 0) is 55.2 Å².